The molecule has 0 aliphatic rings. The van der Waals surface area contributed by atoms with Crippen LogP contribution in [-0.4, -0.2) is 41.4 Å². The monoisotopic (exact) mass is 325 g/mol. The molecule has 0 radical (unpaired) electrons. The summed E-state index contributed by atoms with van der Waals surface area (Å²) in [4.78, 5) is 15.2. The van der Waals surface area contributed by atoms with Crippen LogP contribution in [0.5, 0.6) is 0 Å². The van der Waals surface area contributed by atoms with Gasteiger partial charge in [0, 0.05) is 25.9 Å². The van der Waals surface area contributed by atoms with Crippen LogP contribution in [0.3, 0.4) is 0 Å². The van der Waals surface area contributed by atoms with E-state index in [-0.39, 0.29) is 11.9 Å². The number of nitrogens with two attached hydrogens (primary N) is 1. The zero-order valence-corrected chi connectivity index (χ0v) is 14.1. The van der Waals surface area contributed by atoms with Crippen LogP contribution in [-0.2, 0) is 0 Å². The number of hydrogen-bond acceptors (Lipinski definition) is 6. The molecule has 0 spiro atoms. The summed E-state index contributed by atoms with van der Waals surface area (Å²) in [5.74, 6) is -0.0724. The molecule has 6 nitrogen and oxygen atoms in total. The highest BCUT2D eigenvalue weighted by Gasteiger charge is 2.22. The Kier molecular flexibility index (Phi) is 4.79. The van der Waals surface area contributed by atoms with Gasteiger partial charge in [-0.1, -0.05) is 0 Å². The second-order valence-corrected chi connectivity index (χ2v) is 6.64. The van der Waals surface area contributed by atoms with Crippen LogP contribution in [0.25, 0.3) is 0 Å². The van der Waals surface area contributed by atoms with Gasteiger partial charge in [-0.05, 0) is 13.2 Å². The fourth-order valence-electron chi connectivity index (χ4n) is 1.87. The fraction of sp³-hybridized carbons (Fsp3) is 0.385. The van der Waals surface area contributed by atoms with Crippen molar-refractivity contribution in [1.82, 2.24) is 15.1 Å². The average molecular weight is 325 g/mol. The molecule has 2 aromatic rings. The Labute approximate surface area is 132 Å². The number of nitrogens with one attached hydrogen (secondary N) is 2. The third-order valence-corrected chi connectivity index (χ3v) is 5.16. The lowest BCUT2D eigenvalue weighted by Gasteiger charge is -2.13. The van der Waals surface area contributed by atoms with Gasteiger partial charge < -0.3 is 16.0 Å². The van der Waals surface area contributed by atoms with Gasteiger partial charge in [-0.2, -0.15) is 5.10 Å². The summed E-state index contributed by atoms with van der Waals surface area (Å²) in [6.07, 6.45) is 5.58. The van der Waals surface area contributed by atoms with E-state index in [2.05, 4.69) is 15.5 Å². The maximum absolute atomic E-state index is 12.2. The molecule has 0 fully saturated rings. The predicted molar refractivity (Wildman–Crippen MR) is 89.2 cm³/mol. The van der Waals surface area contributed by atoms with Gasteiger partial charge in [0.25, 0.3) is 5.91 Å². The molecule has 8 heteroatoms. The predicted octanol–water partition coefficient (Wildman–Crippen LogP) is 2.65. The van der Waals surface area contributed by atoms with Crippen LogP contribution in [0, 0.1) is 0 Å². The molecule has 1 unspecified atom stereocenters. The normalized spacial score (nSPS) is 12.2. The summed E-state index contributed by atoms with van der Waals surface area (Å²) >= 11 is 2.93. The van der Waals surface area contributed by atoms with E-state index in [0.717, 1.165) is 15.5 Å². The van der Waals surface area contributed by atoms with Gasteiger partial charge in [0.2, 0.25) is 0 Å². The number of amides is 1. The standard InChI is InChI=1S/C13H19N5OS2/c1-7(8-5-15-16-6-8)17-12-10(20-4)9(14)11(21-12)13(19)18(2)3/h5-7,17H,14H2,1-4H3,(H,15,16). The molecule has 0 saturated heterocycles. The van der Waals surface area contributed by atoms with Crippen molar-refractivity contribution in [1.29, 1.82) is 0 Å². The molecule has 114 valence electrons. The van der Waals surface area contributed by atoms with Crippen LogP contribution >= 0.6 is 23.1 Å². The third-order valence-electron chi connectivity index (χ3n) is 3.07. The first-order chi connectivity index (χ1) is 9.95. The molecule has 0 aliphatic heterocycles. The van der Waals surface area contributed by atoms with Gasteiger partial charge in [0.15, 0.2) is 0 Å². The van der Waals surface area contributed by atoms with Gasteiger partial charge in [0.1, 0.15) is 9.88 Å². The van der Waals surface area contributed by atoms with Gasteiger partial charge in [-0.3, -0.25) is 9.89 Å². The molecule has 0 aliphatic carbocycles. The van der Waals surface area contributed by atoms with Crippen molar-refractivity contribution >= 4 is 39.7 Å². The molecule has 1 atom stereocenters. The first-order valence-electron chi connectivity index (χ1n) is 6.38. The largest absolute Gasteiger partial charge is 0.396 e. The number of anilines is 2. The van der Waals surface area contributed by atoms with E-state index in [1.807, 2.05) is 19.4 Å². The van der Waals surface area contributed by atoms with E-state index >= 15 is 0 Å². The number of thioether (sulfide) groups is 1. The van der Waals surface area contributed by atoms with Crippen molar-refractivity contribution in [2.45, 2.75) is 17.9 Å². The summed E-state index contributed by atoms with van der Waals surface area (Å²) in [7, 11) is 3.45. The molecule has 0 saturated carbocycles. The molecule has 4 N–H and O–H groups in total. The summed E-state index contributed by atoms with van der Waals surface area (Å²) < 4.78 is 0. The molecule has 21 heavy (non-hydrogen) atoms. The zero-order chi connectivity index (χ0) is 15.6. The number of thiophene rings is 1. The number of rotatable bonds is 5. The Morgan fingerprint density at radius 1 is 1.57 bits per heavy atom. The number of aromatic amines is 1. The number of carbonyl (C=O) groups is 1. The molecule has 2 aromatic heterocycles. The quantitative estimate of drug-likeness (QED) is 0.736. The highest BCUT2D eigenvalue weighted by atomic mass is 32.2. The molecule has 1 amide bonds. The van der Waals surface area contributed by atoms with Gasteiger partial charge >= 0.3 is 0 Å². The maximum Gasteiger partial charge on any atom is 0.265 e. The minimum atomic E-state index is -0.0724. The first kappa shape index (κ1) is 15.7. The van der Waals surface area contributed by atoms with Crippen LogP contribution in [0.1, 0.15) is 28.2 Å². The first-order valence-corrected chi connectivity index (χ1v) is 8.43. The van der Waals surface area contributed by atoms with Crippen LogP contribution < -0.4 is 11.1 Å². The topological polar surface area (TPSA) is 87.0 Å². The van der Waals surface area contributed by atoms with E-state index in [1.165, 1.54) is 28.0 Å². The number of nitrogen functional groups attached to an aromatic ring is 1. The zero-order valence-electron chi connectivity index (χ0n) is 12.4. The molecule has 2 heterocycles. The summed E-state index contributed by atoms with van der Waals surface area (Å²) in [6, 6.07) is 0.0787. The highest BCUT2D eigenvalue weighted by molar-refractivity contribution is 7.99. The Morgan fingerprint density at radius 2 is 2.29 bits per heavy atom. The van der Waals surface area contributed by atoms with E-state index in [0.29, 0.717) is 10.6 Å². The third kappa shape index (κ3) is 3.16. The van der Waals surface area contributed by atoms with E-state index in [1.54, 1.807) is 20.3 Å². The van der Waals surface area contributed by atoms with Crippen LogP contribution in [0.2, 0.25) is 0 Å². The Bertz CT molecular complexity index is 621. The van der Waals surface area contributed by atoms with Gasteiger partial charge in [-0.25, -0.2) is 0 Å². The smallest absolute Gasteiger partial charge is 0.265 e. The number of nitrogens with zero attached hydrogens (tertiary/aromatic N) is 2. The van der Waals surface area contributed by atoms with Crippen molar-refractivity contribution in [2.24, 2.45) is 0 Å². The second-order valence-electron chi connectivity index (χ2n) is 4.80. The fourth-order valence-corrected chi connectivity index (χ4v) is 4.00. The number of carbonyl (C=O) groups excluding carboxylic acids is 1. The van der Waals surface area contributed by atoms with Crippen molar-refractivity contribution in [3.05, 3.63) is 22.8 Å². The SMILES string of the molecule is CSc1c(NC(C)c2cn[nH]c2)sc(C(=O)N(C)C)c1N. The molecular weight excluding hydrogens is 306 g/mol. The highest BCUT2D eigenvalue weighted by Crippen LogP contribution is 2.43. The lowest BCUT2D eigenvalue weighted by molar-refractivity contribution is 0.0833. The Hall–Kier alpha value is -1.67. The molecule has 2 rings (SSSR count). The van der Waals surface area contributed by atoms with Crippen molar-refractivity contribution in [3.8, 4) is 0 Å². The molecule has 0 aromatic carbocycles. The number of hydrogen-bond donors (Lipinski definition) is 3. The van der Waals surface area contributed by atoms with Crippen molar-refractivity contribution in [3.63, 3.8) is 0 Å². The van der Waals surface area contributed by atoms with E-state index in [9.17, 15) is 4.79 Å². The van der Waals surface area contributed by atoms with Gasteiger partial charge in [-0.15, -0.1) is 23.1 Å². The van der Waals surface area contributed by atoms with Crippen LogP contribution in [0.4, 0.5) is 10.7 Å². The van der Waals surface area contributed by atoms with E-state index < -0.39 is 0 Å². The Balaban J connectivity index is 2.31. The lowest BCUT2D eigenvalue weighted by atomic mass is 10.2. The second kappa shape index (κ2) is 6.40. The van der Waals surface area contributed by atoms with Crippen molar-refractivity contribution in [2.75, 3.05) is 31.4 Å². The summed E-state index contributed by atoms with van der Waals surface area (Å²) in [6.45, 7) is 2.04. The van der Waals surface area contributed by atoms with E-state index in [4.69, 9.17) is 5.73 Å². The summed E-state index contributed by atoms with van der Waals surface area (Å²) in [5, 5.41) is 11.1. The lowest BCUT2D eigenvalue weighted by Crippen LogP contribution is -2.21. The summed E-state index contributed by atoms with van der Waals surface area (Å²) in [5.41, 5.74) is 7.73. The minimum Gasteiger partial charge on any atom is -0.396 e. The Morgan fingerprint density at radius 3 is 2.81 bits per heavy atom. The minimum absolute atomic E-state index is 0.0724. The van der Waals surface area contributed by atoms with Crippen LogP contribution in [0.15, 0.2) is 17.3 Å². The average Bonchev–Trinajstić information content (AvgIpc) is 3.06. The number of H-pyrrole nitrogens is 1. The number of aromatic nitrogens is 2. The maximum atomic E-state index is 12.2. The van der Waals surface area contributed by atoms with Gasteiger partial charge in [0.05, 0.1) is 22.8 Å². The van der Waals surface area contributed by atoms with Crippen molar-refractivity contribution < 1.29 is 4.79 Å². The molecular formula is C13H19N5OS2. The molecule has 0 bridgehead atoms.